The van der Waals surface area contributed by atoms with E-state index in [1.807, 2.05) is 4.90 Å². The van der Waals surface area contributed by atoms with Gasteiger partial charge < -0.3 is 10.2 Å². The zero-order chi connectivity index (χ0) is 16.4. The normalized spacial score (nSPS) is 10.3. The summed E-state index contributed by atoms with van der Waals surface area (Å²) in [6, 6.07) is 7.17. The van der Waals surface area contributed by atoms with Gasteiger partial charge in [0.15, 0.2) is 0 Å². The fourth-order valence-corrected chi connectivity index (χ4v) is 2.29. The van der Waals surface area contributed by atoms with Gasteiger partial charge in [0.05, 0.1) is 0 Å². The highest BCUT2D eigenvalue weighted by molar-refractivity contribution is 5.95. The smallest absolute Gasteiger partial charge is 0.253 e. The van der Waals surface area contributed by atoms with Crippen LogP contribution in [-0.2, 0) is 4.79 Å². The molecule has 4 nitrogen and oxygen atoms in total. The van der Waals surface area contributed by atoms with E-state index in [1.165, 1.54) is 0 Å². The third-order valence-electron chi connectivity index (χ3n) is 3.45. The molecule has 122 valence electrons. The number of carbonyl (C=O) groups is 2. The zero-order valence-electron chi connectivity index (χ0n) is 14.0. The maximum absolute atomic E-state index is 12.4. The van der Waals surface area contributed by atoms with Gasteiger partial charge in [0.2, 0.25) is 5.91 Å². The molecule has 0 aliphatic heterocycles. The number of carbonyl (C=O) groups excluding carboxylic acids is 2. The van der Waals surface area contributed by atoms with Crippen LogP contribution in [0, 0.1) is 0 Å². The lowest BCUT2D eigenvalue weighted by atomic mass is 10.1. The summed E-state index contributed by atoms with van der Waals surface area (Å²) in [6.07, 6.45) is 4.35. The second-order valence-electron chi connectivity index (χ2n) is 5.52. The molecule has 22 heavy (non-hydrogen) atoms. The molecule has 1 rings (SSSR count). The molecule has 0 bridgehead atoms. The number of rotatable bonds is 9. The lowest BCUT2D eigenvalue weighted by Gasteiger charge is -2.21. The molecule has 0 aliphatic rings. The van der Waals surface area contributed by atoms with Crippen molar-refractivity contribution in [2.75, 3.05) is 18.4 Å². The molecule has 0 fully saturated rings. The van der Waals surface area contributed by atoms with Gasteiger partial charge in [-0.05, 0) is 43.5 Å². The second-order valence-corrected chi connectivity index (χ2v) is 5.52. The molecule has 0 saturated heterocycles. The Morgan fingerprint density at radius 3 is 2.05 bits per heavy atom. The van der Waals surface area contributed by atoms with Crippen molar-refractivity contribution in [3.63, 3.8) is 0 Å². The van der Waals surface area contributed by atoms with Gasteiger partial charge in [0.25, 0.3) is 5.91 Å². The highest BCUT2D eigenvalue weighted by atomic mass is 16.2. The molecular formula is C18H28N2O2. The summed E-state index contributed by atoms with van der Waals surface area (Å²) in [5.74, 6) is 0.0899. The number of nitrogens with one attached hydrogen (secondary N) is 1. The fourth-order valence-electron chi connectivity index (χ4n) is 2.29. The molecule has 0 atom stereocenters. The van der Waals surface area contributed by atoms with Gasteiger partial charge in [-0.3, -0.25) is 9.59 Å². The van der Waals surface area contributed by atoms with E-state index >= 15 is 0 Å². The quantitative estimate of drug-likeness (QED) is 0.747. The van der Waals surface area contributed by atoms with Crippen molar-refractivity contribution in [3.05, 3.63) is 29.8 Å². The first-order valence-corrected chi connectivity index (χ1v) is 8.31. The largest absolute Gasteiger partial charge is 0.339 e. The number of benzene rings is 1. The first-order valence-electron chi connectivity index (χ1n) is 8.31. The summed E-state index contributed by atoms with van der Waals surface area (Å²) in [5.41, 5.74) is 1.42. The SMILES string of the molecule is CCCCC(=O)Nc1ccc(C(=O)N(CCC)CCC)cc1. The van der Waals surface area contributed by atoms with E-state index in [1.54, 1.807) is 24.3 Å². The number of hydrogen-bond donors (Lipinski definition) is 1. The minimum absolute atomic E-state index is 0.0273. The van der Waals surface area contributed by atoms with Crippen molar-refractivity contribution >= 4 is 17.5 Å². The third-order valence-corrected chi connectivity index (χ3v) is 3.45. The molecule has 0 radical (unpaired) electrons. The van der Waals surface area contributed by atoms with Crippen LogP contribution in [0.4, 0.5) is 5.69 Å². The van der Waals surface area contributed by atoms with Gasteiger partial charge >= 0.3 is 0 Å². The molecule has 0 spiro atoms. The Kier molecular flexibility index (Phi) is 8.26. The van der Waals surface area contributed by atoms with Gasteiger partial charge in [-0.2, -0.15) is 0 Å². The Bertz CT molecular complexity index is 462. The maximum atomic E-state index is 12.4. The molecule has 4 heteroatoms. The fraction of sp³-hybridized carbons (Fsp3) is 0.556. The van der Waals surface area contributed by atoms with Crippen LogP contribution >= 0.6 is 0 Å². The van der Waals surface area contributed by atoms with E-state index in [9.17, 15) is 9.59 Å². The summed E-state index contributed by atoms with van der Waals surface area (Å²) in [4.78, 5) is 26.0. The van der Waals surface area contributed by atoms with Crippen LogP contribution in [0.1, 0.15) is 63.2 Å². The molecular weight excluding hydrogens is 276 g/mol. The number of hydrogen-bond acceptors (Lipinski definition) is 2. The average Bonchev–Trinajstić information content (AvgIpc) is 2.53. The van der Waals surface area contributed by atoms with Gasteiger partial charge in [0, 0.05) is 30.8 Å². The first kappa shape index (κ1) is 18.2. The summed E-state index contributed by atoms with van der Waals surface area (Å²) < 4.78 is 0. The minimum Gasteiger partial charge on any atom is -0.339 e. The Hall–Kier alpha value is -1.84. The number of unbranched alkanes of at least 4 members (excludes halogenated alkanes) is 1. The number of anilines is 1. The van der Waals surface area contributed by atoms with Crippen molar-refractivity contribution < 1.29 is 9.59 Å². The Morgan fingerprint density at radius 2 is 1.55 bits per heavy atom. The molecule has 1 aromatic carbocycles. The second kappa shape index (κ2) is 9.98. The van der Waals surface area contributed by atoms with Crippen molar-refractivity contribution in [2.24, 2.45) is 0 Å². The van der Waals surface area contributed by atoms with E-state index in [0.717, 1.165) is 44.5 Å². The lowest BCUT2D eigenvalue weighted by Crippen LogP contribution is -2.32. The summed E-state index contributed by atoms with van der Waals surface area (Å²) in [5, 5.41) is 2.86. The molecule has 2 amide bonds. The van der Waals surface area contributed by atoms with Crippen LogP contribution in [0.2, 0.25) is 0 Å². The zero-order valence-corrected chi connectivity index (χ0v) is 14.0. The van der Waals surface area contributed by atoms with Crippen molar-refractivity contribution in [1.29, 1.82) is 0 Å². The number of nitrogens with zero attached hydrogens (tertiary/aromatic N) is 1. The van der Waals surface area contributed by atoms with Crippen LogP contribution in [0.5, 0.6) is 0 Å². The molecule has 0 aliphatic carbocycles. The first-order chi connectivity index (χ1) is 10.6. The third kappa shape index (κ3) is 5.88. The van der Waals surface area contributed by atoms with Crippen LogP contribution < -0.4 is 5.32 Å². The van der Waals surface area contributed by atoms with Gasteiger partial charge in [-0.25, -0.2) is 0 Å². The predicted octanol–water partition coefficient (Wildman–Crippen LogP) is 4.08. The van der Waals surface area contributed by atoms with E-state index in [-0.39, 0.29) is 11.8 Å². The van der Waals surface area contributed by atoms with Crippen LogP contribution in [0.3, 0.4) is 0 Å². The van der Waals surface area contributed by atoms with Crippen LogP contribution in [-0.4, -0.2) is 29.8 Å². The Morgan fingerprint density at radius 1 is 0.955 bits per heavy atom. The summed E-state index contributed by atoms with van der Waals surface area (Å²) >= 11 is 0. The van der Waals surface area contributed by atoms with E-state index in [2.05, 4.69) is 26.1 Å². The molecule has 1 aromatic rings. The lowest BCUT2D eigenvalue weighted by molar-refractivity contribution is -0.116. The average molecular weight is 304 g/mol. The molecule has 0 heterocycles. The Labute approximate surface area is 133 Å². The molecule has 0 aromatic heterocycles. The van der Waals surface area contributed by atoms with Gasteiger partial charge in [-0.1, -0.05) is 27.2 Å². The Balaban J connectivity index is 2.66. The topological polar surface area (TPSA) is 49.4 Å². The number of amides is 2. The van der Waals surface area contributed by atoms with Gasteiger partial charge in [0.1, 0.15) is 0 Å². The van der Waals surface area contributed by atoms with E-state index < -0.39 is 0 Å². The maximum Gasteiger partial charge on any atom is 0.253 e. The summed E-state index contributed by atoms with van der Waals surface area (Å²) in [6.45, 7) is 7.77. The minimum atomic E-state index is 0.0273. The van der Waals surface area contributed by atoms with Crippen LogP contribution in [0.15, 0.2) is 24.3 Å². The van der Waals surface area contributed by atoms with Crippen molar-refractivity contribution in [2.45, 2.75) is 52.9 Å². The monoisotopic (exact) mass is 304 g/mol. The molecule has 1 N–H and O–H groups in total. The highest BCUT2D eigenvalue weighted by Crippen LogP contribution is 2.13. The van der Waals surface area contributed by atoms with Crippen molar-refractivity contribution in [3.8, 4) is 0 Å². The molecule has 0 unspecified atom stereocenters. The van der Waals surface area contributed by atoms with E-state index in [4.69, 9.17) is 0 Å². The van der Waals surface area contributed by atoms with Gasteiger partial charge in [-0.15, -0.1) is 0 Å². The van der Waals surface area contributed by atoms with Crippen LogP contribution in [0.25, 0.3) is 0 Å². The highest BCUT2D eigenvalue weighted by Gasteiger charge is 2.14. The van der Waals surface area contributed by atoms with E-state index in [0.29, 0.717) is 12.0 Å². The standard InChI is InChI=1S/C18H28N2O2/c1-4-7-8-17(21)19-16-11-9-15(10-12-16)18(22)20(13-5-2)14-6-3/h9-12H,4-8,13-14H2,1-3H3,(H,19,21). The molecule has 0 saturated carbocycles. The summed E-state index contributed by atoms with van der Waals surface area (Å²) in [7, 11) is 0. The predicted molar refractivity (Wildman–Crippen MR) is 91.1 cm³/mol. The van der Waals surface area contributed by atoms with Crippen molar-refractivity contribution in [1.82, 2.24) is 4.90 Å².